The van der Waals surface area contributed by atoms with E-state index in [1.165, 1.54) is 0 Å². The van der Waals surface area contributed by atoms with Crippen molar-refractivity contribution in [3.63, 3.8) is 0 Å². The Kier molecular flexibility index (Phi) is 4.16. The third-order valence-corrected chi connectivity index (χ3v) is 6.16. The maximum absolute atomic E-state index is 12.8. The summed E-state index contributed by atoms with van der Waals surface area (Å²) >= 11 is 0. The molecule has 0 aromatic rings. The molecule has 0 saturated carbocycles. The van der Waals surface area contributed by atoms with Gasteiger partial charge in [0.05, 0.1) is 0 Å². The van der Waals surface area contributed by atoms with E-state index in [0.717, 1.165) is 50.3 Å². The second-order valence-corrected chi connectivity index (χ2v) is 7.36. The fourth-order valence-electron chi connectivity index (χ4n) is 2.45. The molecule has 0 aromatic heterocycles. The summed E-state index contributed by atoms with van der Waals surface area (Å²) in [6.07, 6.45) is 4.80. The molecule has 0 atom stereocenters. The van der Waals surface area contributed by atoms with Gasteiger partial charge >= 0.3 is 0 Å². The third-order valence-electron chi connectivity index (χ3n) is 3.50. The standard InChI is InChI=1S/C12H22NO3P/c1-3-13(4-2)17(14)9-15-11-7-5-6-8-12(11)16-10-17/h3-10H2,1-2H3. The summed E-state index contributed by atoms with van der Waals surface area (Å²) in [6, 6.07) is 0. The molecule has 0 saturated heterocycles. The molecule has 0 amide bonds. The zero-order chi connectivity index (χ0) is 12.3. The molecule has 2 aliphatic rings. The number of nitrogens with zero attached hydrogens (tertiary/aromatic N) is 1. The van der Waals surface area contributed by atoms with Gasteiger partial charge in [-0.1, -0.05) is 13.8 Å². The number of rotatable bonds is 3. The largest absolute Gasteiger partial charge is 0.485 e. The number of allylic oxidation sites excluding steroid dienone is 2. The van der Waals surface area contributed by atoms with Gasteiger partial charge in [0, 0.05) is 25.9 Å². The van der Waals surface area contributed by atoms with E-state index in [2.05, 4.69) is 0 Å². The molecule has 2 rings (SSSR count). The summed E-state index contributed by atoms with van der Waals surface area (Å²) in [5.74, 6) is 1.89. The van der Waals surface area contributed by atoms with Crippen LogP contribution in [0.1, 0.15) is 39.5 Å². The first kappa shape index (κ1) is 13.0. The predicted octanol–water partition coefficient (Wildman–Crippen LogP) is 3.35. The van der Waals surface area contributed by atoms with Crippen LogP contribution >= 0.6 is 7.29 Å². The molecule has 1 aliphatic heterocycles. The van der Waals surface area contributed by atoms with Crippen molar-refractivity contribution in [3.05, 3.63) is 11.5 Å². The van der Waals surface area contributed by atoms with Gasteiger partial charge in [0.1, 0.15) is 11.5 Å². The molecule has 0 unspecified atom stereocenters. The van der Waals surface area contributed by atoms with Crippen LogP contribution in [0, 0.1) is 0 Å². The van der Waals surface area contributed by atoms with Crippen LogP contribution in [0.3, 0.4) is 0 Å². The summed E-state index contributed by atoms with van der Waals surface area (Å²) < 4.78 is 26.3. The highest BCUT2D eigenvalue weighted by Gasteiger charge is 2.34. The molecule has 1 aliphatic carbocycles. The van der Waals surface area contributed by atoms with Crippen LogP contribution in [-0.4, -0.2) is 30.5 Å². The van der Waals surface area contributed by atoms with Gasteiger partial charge in [-0.3, -0.25) is 4.57 Å². The second-order valence-electron chi connectivity index (χ2n) is 4.59. The first-order valence-corrected chi connectivity index (χ1v) is 8.53. The first-order valence-electron chi connectivity index (χ1n) is 6.50. The van der Waals surface area contributed by atoms with Crippen LogP contribution in [0.2, 0.25) is 0 Å². The molecular weight excluding hydrogens is 237 g/mol. The lowest BCUT2D eigenvalue weighted by Crippen LogP contribution is -2.23. The molecule has 4 nitrogen and oxygen atoms in total. The van der Waals surface area contributed by atoms with Crippen LogP contribution < -0.4 is 0 Å². The van der Waals surface area contributed by atoms with Gasteiger partial charge in [-0.25, -0.2) is 4.67 Å². The highest BCUT2D eigenvalue weighted by atomic mass is 31.2. The fraction of sp³-hybridized carbons (Fsp3) is 0.833. The summed E-state index contributed by atoms with van der Waals surface area (Å²) in [4.78, 5) is 0. The van der Waals surface area contributed by atoms with Gasteiger partial charge < -0.3 is 9.47 Å². The van der Waals surface area contributed by atoms with E-state index in [4.69, 9.17) is 9.47 Å². The minimum Gasteiger partial charge on any atom is -0.485 e. The van der Waals surface area contributed by atoms with Crippen LogP contribution in [0.4, 0.5) is 0 Å². The van der Waals surface area contributed by atoms with E-state index in [1.54, 1.807) is 0 Å². The Morgan fingerprint density at radius 3 is 1.94 bits per heavy atom. The monoisotopic (exact) mass is 259 g/mol. The molecule has 1 heterocycles. The van der Waals surface area contributed by atoms with Crippen molar-refractivity contribution >= 4 is 7.29 Å². The highest BCUT2D eigenvalue weighted by molar-refractivity contribution is 7.61. The summed E-state index contributed by atoms with van der Waals surface area (Å²) in [5.41, 5.74) is 0. The van der Waals surface area contributed by atoms with Crippen molar-refractivity contribution in [1.82, 2.24) is 4.67 Å². The van der Waals surface area contributed by atoms with Gasteiger partial charge in [-0.2, -0.15) is 0 Å². The lowest BCUT2D eigenvalue weighted by atomic mass is 10.0. The zero-order valence-electron chi connectivity index (χ0n) is 10.8. The Morgan fingerprint density at radius 1 is 1.06 bits per heavy atom. The van der Waals surface area contributed by atoms with Crippen molar-refractivity contribution < 1.29 is 14.0 Å². The lowest BCUT2D eigenvalue weighted by Gasteiger charge is -2.27. The number of hydrogen-bond acceptors (Lipinski definition) is 3. The van der Waals surface area contributed by atoms with Crippen LogP contribution in [0.15, 0.2) is 11.5 Å². The van der Waals surface area contributed by atoms with E-state index < -0.39 is 7.29 Å². The SMILES string of the molecule is CCN(CC)P1(=O)COC2=C(CCCC2)OC1. The molecule has 17 heavy (non-hydrogen) atoms. The minimum absolute atomic E-state index is 0.313. The van der Waals surface area contributed by atoms with Crippen molar-refractivity contribution in [1.29, 1.82) is 0 Å². The van der Waals surface area contributed by atoms with E-state index in [-0.39, 0.29) is 0 Å². The minimum atomic E-state index is -2.49. The number of ether oxygens (including phenoxy) is 2. The van der Waals surface area contributed by atoms with Crippen LogP contribution in [0.5, 0.6) is 0 Å². The van der Waals surface area contributed by atoms with E-state index in [0.29, 0.717) is 12.7 Å². The van der Waals surface area contributed by atoms with Crippen molar-refractivity contribution in [2.75, 3.05) is 25.8 Å². The maximum atomic E-state index is 12.8. The normalized spacial score (nSPS) is 23.7. The Labute approximate surface area is 103 Å². The van der Waals surface area contributed by atoms with E-state index in [9.17, 15) is 4.57 Å². The molecule has 98 valence electrons. The maximum Gasteiger partial charge on any atom is 0.222 e. The molecule has 0 N–H and O–H groups in total. The first-order chi connectivity index (χ1) is 8.19. The molecule has 0 aromatic carbocycles. The van der Waals surface area contributed by atoms with Crippen LogP contribution in [0.25, 0.3) is 0 Å². The third kappa shape index (κ3) is 2.69. The van der Waals surface area contributed by atoms with Gasteiger partial charge in [-0.05, 0) is 12.8 Å². The Hall–Kier alpha value is -0.470. The second kappa shape index (κ2) is 5.45. The predicted molar refractivity (Wildman–Crippen MR) is 67.9 cm³/mol. The van der Waals surface area contributed by atoms with Gasteiger partial charge in [0.25, 0.3) is 0 Å². The molecule has 0 spiro atoms. The van der Waals surface area contributed by atoms with Crippen molar-refractivity contribution in [2.24, 2.45) is 0 Å². The Balaban J connectivity index is 2.10. The topological polar surface area (TPSA) is 38.8 Å². The van der Waals surface area contributed by atoms with Gasteiger partial charge in [0.2, 0.25) is 7.29 Å². The van der Waals surface area contributed by atoms with Crippen molar-refractivity contribution in [3.8, 4) is 0 Å². The molecule has 5 heteroatoms. The van der Waals surface area contributed by atoms with E-state index in [1.807, 2.05) is 18.5 Å². The molecule has 0 fully saturated rings. The smallest absolute Gasteiger partial charge is 0.222 e. The quantitative estimate of drug-likeness (QED) is 0.728. The summed E-state index contributed by atoms with van der Waals surface area (Å²) in [6.45, 7) is 5.62. The molecule has 0 bridgehead atoms. The summed E-state index contributed by atoms with van der Waals surface area (Å²) in [7, 11) is -2.49. The van der Waals surface area contributed by atoms with Crippen molar-refractivity contribution in [2.45, 2.75) is 39.5 Å². The average molecular weight is 259 g/mol. The summed E-state index contributed by atoms with van der Waals surface area (Å²) in [5, 5.41) is 0. The lowest BCUT2D eigenvalue weighted by molar-refractivity contribution is 0.189. The van der Waals surface area contributed by atoms with Gasteiger partial charge in [-0.15, -0.1) is 0 Å². The molecular formula is C12H22NO3P. The highest BCUT2D eigenvalue weighted by Crippen LogP contribution is 2.52. The Bertz CT molecular complexity index is 326. The van der Waals surface area contributed by atoms with Crippen LogP contribution in [-0.2, 0) is 14.0 Å². The zero-order valence-corrected chi connectivity index (χ0v) is 11.7. The molecule has 0 radical (unpaired) electrons. The van der Waals surface area contributed by atoms with Gasteiger partial charge in [0.15, 0.2) is 12.7 Å². The average Bonchev–Trinajstić information content (AvgIpc) is 2.52. The fourth-order valence-corrected chi connectivity index (χ4v) is 4.60. The van der Waals surface area contributed by atoms with E-state index >= 15 is 0 Å². The number of hydrogen-bond donors (Lipinski definition) is 0. The Morgan fingerprint density at radius 2 is 1.53 bits per heavy atom.